The maximum Gasteiger partial charge on any atom is 0.411 e. The van der Waals surface area contributed by atoms with Gasteiger partial charge in [-0.1, -0.05) is 49.6 Å². The van der Waals surface area contributed by atoms with Crippen molar-refractivity contribution >= 4 is 12.1 Å². The van der Waals surface area contributed by atoms with Gasteiger partial charge >= 0.3 is 12.1 Å². The van der Waals surface area contributed by atoms with Gasteiger partial charge in [-0.15, -0.1) is 0 Å². The number of amides is 1. The molecule has 1 fully saturated rings. The minimum absolute atomic E-state index is 0.128. The van der Waals surface area contributed by atoms with Crippen LogP contribution in [-0.4, -0.2) is 47.8 Å². The van der Waals surface area contributed by atoms with E-state index in [-0.39, 0.29) is 12.5 Å². The van der Waals surface area contributed by atoms with Gasteiger partial charge in [0.05, 0.1) is 6.42 Å². The van der Waals surface area contributed by atoms with Crippen LogP contribution in [0.4, 0.5) is 4.79 Å². The molecule has 158 valence electrons. The lowest BCUT2D eigenvalue weighted by atomic mass is 10.0. The van der Waals surface area contributed by atoms with E-state index in [0.717, 1.165) is 24.2 Å². The van der Waals surface area contributed by atoms with Crippen LogP contribution in [0.2, 0.25) is 0 Å². The largest absolute Gasteiger partial charge is 0.481 e. The van der Waals surface area contributed by atoms with Gasteiger partial charge in [0.1, 0.15) is 6.10 Å². The minimum atomic E-state index is -0.798. The molecule has 1 saturated heterocycles. The number of aliphatic carboxylic acids is 1. The zero-order valence-corrected chi connectivity index (χ0v) is 17.4. The molecule has 0 aromatic carbocycles. The van der Waals surface area contributed by atoms with Crippen LogP contribution in [-0.2, 0) is 9.53 Å². The molecule has 1 amide bonds. The standard InChI is InChI=1S/C23H32N2O4/c1-5-8-10-19(7-3)18(4)21(11-9-6-2)24-23(28)29-20-12-15-25(16-13-20)17-14-22(26)27/h5-11,20H,1-2,12-17H2,3-4H3,(H,24,28)(H,26,27)/b10-8-,11-9-,19-7+,21-18-. The molecular weight excluding hydrogens is 368 g/mol. The summed E-state index contributed by atoms with van der Waals surface area (Å²) in [6.07, 6.45) is 13.4. The third kappa shape index (κ3) is 9.25. The van der Waals surface area contributed by atoms with Crippen LogP contribution < -0.4 is 5.32 Å². The Labute approximate surface area is 173 Å². The summed E-state index contributed by atoms with van der Waals surface area (Å²) in [6.45, 7) is 13.2. The summed E-state index contributed by atoms with van der Waals surface area (Å²) in [5.74, 6) is -0.798. The van der Waals surface area contributed by atoms with Gasteiger partial charge in [-0.3, -0.25) is 10.1 Å². The smallest absolute Gasteiger partial charge is 0.411 e. The summed E-state index contributed by atoms with van der Waals surface area (Å²) in [7, 11) is 0. The lowest BCUT2D eigenvalue weighted by Crippen LogP contribution is -2.40. The molecular formula is C23H32N2O4. The predicted molar refractivity (Wildman–Crippen MR) is 116 cm³/mol. The molecule has 0 aliphatic carbocycles. The molecule has 6 nitrogen and oxygen atoms in total. The molecule has 0 saturated carbocycles. The molecule has 0 radical (unpaired) electrons. The highest BCUT2D eigenvalue weighted by atomic mass is 16.6. The quantitative estimate of drug-likeness (QED) is 0.533. The van der Waals surface area contributed by atoms with E-state index in [0.29, 0.717) is 25.1 Å². The topological polar surface area (TPSA) is 78.9 Å². The molecule has 1 aliphatic rings. The first kappa shape index (κ1) is 24.2. The Hall–Kier alpha value is -2.86. The fraction of sp³-hybridized carbons (Fsp3) is 0.391. The van der Waals surface area contributed by atoms with Crippen molar-refractivity contribution in [2.75, 3.05) is 19.6 Å². The first-order valence-corrected chi connectivity index (χ1v) is 9.78. The summed E-state index contributed by atoms with van der Waals surface area (Å²) in [4.78, 5) is 25.2. The summed E-state index contributed by atoms with van der Waals surface area (Å²) < 4.78 is 5.58. The van der Waals surface area contributed by atoms with Crippen molar-refractivity contribution in [3.05, 3.63) is 72.5 Å². The Morgan fingerprint density at radius 1 is 1.17 bits per heavy atom. The second kappa shape index (κ2) is 13.3. The zero-order valence-electron chi connectivity index (χ0n) is 17.4. The van der Waals surface area contributed by atoms with Crippen molar-refractivity contribution in [3.8, 4) is 0 Å². The van der Waals surface area contributed by atoms with E-state index >= 15 is 0 Å². The molecule has 0 atom stereocenters. The van der Waals surface area contributed by atoms with Crippen molar-refractivity contribution in [1.82, 2.24) is 10.2 Å². The highest BCUT2D eigenvalue weighted by Crippen LogP contribution is 2.18. The molecule has 0 aromatic rings. The van der Waals surface area contributed by atoms with Gasteiger partial charge < -0.3 is 14.7 Å². The van der Waals surface area contributed by atoms with Gasteiger partial charge in [0.2, 0.25) is 0 Å². The first-order valence-electron chi connectivity index (χ1n) is 9.78. The number of likely N-dealkylation sites (tertiary alicyclic amines) is 1. The Bertz CT molecular complexity index is 708. The second-order valence-corrected chi connectivity index (χ2v) is 6.69. The Morgan fingerprint density at radius 3 is 2.34 bits per heavy atom. The number of hydrogen-bond acceptors (Lipinski definition) is 4. The van der Waals surface area contributed by atoms with Crippen LogP contribution in [0, 0.1) is 0 Å². The molecule has 1 aliphatic heterocycles. The Morgan fingerprint density at radius 2 is 1.79 bits per heavy atom. The molecule has 29 heavy (non-hydrogen) atoms. The summed E-state index contributed by atoms with van der Waals surface area (Å²) in [5.41, 5.74) is 2.49. The van der Waals surface area contributed by atoms with E-state index < -0.39 is 12.1 Å². The van der Waals surface area contributed by atoms with Crippen LogP contribution in [0.3, 0.4) is 0 Å². The van der Waals surface area contributed by atoms with Gasteiger partial charge in [0.25, 0.3) is 0 Å². The van der Waals surface area contributed by atoms with E-state index in [1.165, 1.54) is 0 Å². The number of rotatable bonds is 10. The average molecular weight is 401 g/mol. The lowest BCUT2D eigenvalue weighted by molar-refractivity contribution is -0.137. The number of hydrogen-bond donors (Lipinski definition) is 2. The molecule has 1 heterocycles. The van der Waals surface area contributed by atoms with Crippen molar-refractivity contribution < 1.29 is 19.4 Å². The summed E-state index contributed by atoms with van der Waals surface area (Å²) >= 11 is 0. The third-order valence-corrected chi connectivity index (χ3v) is 4.65. The minimum Gasteiger partial charge on any atom is -0.481 e. The molecule has 0 unspecified atom stereocenters. The van der Waals surface area contributed by atoms with Crippen molar-refractivity contribution in [2.24, 2.45) is 0 Å². The maximum absolute atomic E-state index is 12.4. The van der Waals surface area contributed by atoms with E-state index in [1.54, 1.807) is 24.3 Å². The predicted octanol–water partition coefficient (Wildman–Crippen LogP) is 4.36. The fourth-order valence-corrected chi connectivity index (χ4v) is 2.98. The molecule has 0 spiro atoms. The molecule has 0 bridgehead atoms. The number of carboxylic acids is 1. The number of carbonyl (C=O) groups is 2. The van der Waals surface area contributed by atoms with Gasteiger partial charge in [0.15, 0.2) is 0 Å². The van der Waals surface area contributed by atoms with Gasteiger partial charge in [-0.05, 0) is 43.9 Å². The number of ether oxygens (including phenoxy) is 1. The lowest BCUT2D eigenvalue weighted by Gasteiger charge is -2.31. The Kier molecular flexibility index (Phi) is 11.1. The van der Waals surface area contributed by atoms with Crippen molar-refractivity contribution in [2.45, 2.75) is 39.2 Å². The summed E-state index contributed by atoms with van der Waals surface area (Å²) in [6, 6.07) is 0. The zero-order chi connectivity index (χ0) is 21.6. The molecule has 1 rings (SSSR count). The third-order valence-electron chi connectivity index (χ3n) is 4.65. The van der Waals surface area contributed by atoms with Gasteiger partial charge in [-0.25, -0.2) is 4.79 Å². The average Bonchev–Trinajstić information content (AvgIpc) is 2.70. The van der Waals surface area contributed by atoms with E-state index in [1.807, 2.05) is 32.1 Å². The number of nitrogens with one attached hydrogen (secondary N) is 1. The fourth-order valence-electron chi connectivity index (χ4n) is 2.98. The molecule has 6 heteroatoms. The number of allylic oxidation sites excluding steroid dienone is 9. The monoisotopic (exact) mass is 400 g/mol. The van der Waals surface area contributed by atoms with E-state index in [4.69, 9.17) is 9.84 Å². The number of alkyl carbamates (subject to hydrolysis) is 1. The van der Waals surface area contributed by atoms with Crippen LogP contribution in [0.5, 0.6) is 0 Å². The normalized spacial score (nSPS) is 17.2. The summed E-state index contributed by atoms with van der Waals surface area (Å²) in [5, 5.41) is 11.6. The number of carboxylic acid groups (broad SMARTS) is 1. The van der Waals surface area contributed by atoms with Crippen LogP contribution in [0.25, 0.3) is 0 Å². The van der Waals surface area contributed by atoms with Crippen LogP contribution in [0.1, 0.15) is 33.1 Å². The Balaban J connectivity index is 2.72. The first-order chi connectivity index (χ1) is 13.9. The molecule has 2 N–H and O–H groups in total. The van der Waals surface area contributed by atoms with Crippen LogP contribution >= 0.6 is 0 Å². The number of piperidine rings is 1. The number of carbonyl (C=O) groups excluding carboxylic acids is 1. The highest BCUT2D eigenvalue weighted by molar-refractivity contribution is 5.71. The van der Waals surface area contributed by atoms with E-state index in [9.17, 15) is 9.59 Å². The SMILES string of the molecule is C=C\C=C/C(NC(=O)OC1CCN(CCC(=O)O)CC1)=C(C)/C(/C=C\C=C)=C/C. The van der Waals surface area contributed by atoms with Crippen molar-refractivity contribution in [1.29, 1.82) is 0 Å². The molecule has 0 aromatic heterocycles. The number of nitrogens with zero attached hydrogens (tertiary/aromatic N) is 1. The maximum atomic E-state index is 12.4. The van der Waals surface area contributed by atoms with Gasteiger partial charge in [0, 0.05) is 25.3 Å². The second-order valence-electron chi connectivity index (χ2n) is 6.69. The highest BCUT2D eigenvalue weighted by Gasteiger charge is 2.23. The van der Waals surface area contributed by atoms with E-state index in [2.05, 4.69) is 23.4 Å². The van der Waals surface area contributed by atoms with Gasteiger partial charge in [-0.2, -0.15) is 0 Å². The van der Waals surface area contributed by atoms with Crippen LogP contribution in [0.15, 0.2) is 72.5 Å². The van der Waals surface area contributed by atoms with Crippen molar-refractivity contribution in [3.63, 3.8) is 0 Å².